The molecule has 0 fully saturated rings. The fraction of sp³-hybridized carbons (Fsp3) is 0.267. The number of amides is 1. The normalized spacial score (nSPS) is 16.8. The van der Waals surface area contributed by atoms with Crippen LogP contribution in [0.1, 0.15) is 25.2 Å². The summed E-state index contributed by atoms with van der Waals surface area (Å²) in [7, 11) is 0. The SMILES string of the molecule is CC(=O)N1c2ccc(NC=C(C#N)c3nn[nH]n3)cc2CC1C. The van der Waals surface area contributed by atoms with Crippen molar-refractivity contribution in [1.29, 1.82) is 5.26 Å². The van der Waals surface area contributed by atoms with E-state index in [4.69, 9.17) is 5.26 Å². The largest absolute Gasteiger partial charge is 0.360 e. The molecule has 0 radical (unpaired) electrons. The summed E-state index contributed by atoms with van der Waals surface area (Å²) in [6, 6.07) is 7.94. The first-order chi connectivity index (χ1) is 11.1. The van der Waals surface area contributed by atoms with E-state index in [1.165, 1.54) is 6.20 Å². The first kappa shape index (κ1) is 14.7. The van der Waals surface area contributed by atoms with E-state index in [0.717, 1.165) is 23.4 Å². The Morgan fingerprint density at radius 2 is 2.39 bits per heavy atom. The number of aromatic nitrogens is 4. The zero-order chi connectivity index (χ0) is 16.4. The second-order valence-corrected chi connectivity index (χ2v) is 5.34. The number of rotatable bonds is 3. The van der Waals surface area contributed by atoms with Gasteiger partial charge < -0.3 is 10.2 Å². The summed E-state index contributed by atoms with van der Waals surface area (Å²) in [5.41, 5.74) is 3.15. The highest BCUT2D eigenvalue weighted by Crippen LogP contribution is 2.34. The first-order valence-corrected chi connectivity index (χ1v) is 7.13. The van der Waals surface area contributed by atoms with E-state index >= 15 is 0 Å². The third kappa shape index (κ3) is 2.76. The smallest absolute Gasteiger partial charge is 0.224 e. The third-order valence-electron chi connectivity index (χ3n) is 3.72. The van der Waals surface area contributed by atoms with Gasteiger partial charge in [-0.1, -0.05) is 0 Å². The molecule has 8 heteroatoms. The minimum absolute atomic E-state index is 0.0423. The lowest BCUT2D eigenvalue weighted by molar-refractivity contribution is -0.116. The Morgan fingerprint density at radius 3 is 3.04 bits per heavy atom. The van der Waals surface area contributed by atoms with Crippen LogP contribution >= 0.6 is 0 Å². The molecule has 0 saturated heterocycles. The Morgan fingerprint density at radius 1 is 1.57 bits per heavy atom. The van der Waals surface area contributed by atoms with Gasteiger partial charge in [-0.15, -0.1) is 10.2 Å². The van der Waals surface area contributed by atoms with Crippen LogP contribution in [0.25, 0.3) is 5.57 Å². The fourth-order valence-electron chi connectivity index (χ4n) is 2.78. The Kier molecular flexibility index (Phi) is 3.76. The predicted molar refractivity (Wildman–Crippen MR) is 84.2 cm³/mol. The molecule has 0 spiro atoms. The van der Waals surface area contributed by atoms with Crippen LogP contribution in [0.3, 0.4) is 0 Å². The van der Waals surface area contributed by atoms with Crippen molar-refractivity contribution in [2.24, 2.45) is 0 Å². The number of nitrogens with one attached hydrogen (secondary N) is 2. The summed E-state index contributed by atoms with van der Waals surface area (Å²) in [6.45, 7) is 3.60. The van der Waals surface area contributed by atoms with Crippen LogP contribution in [0, 0.1) is 11.3 Å². The molecule has 1 amide bonds. The highest BCUT2D eigenvalue weighted by molar-refractivity contribution is 5.95. The number of fused-ring (bicyclic) bond motifs is 1. The van der Waals surface area contributed by atoms with Crippen molar-refractivity contribution >= 4 is 22.9 Å². The molecule has 0 aliphatic carbocycles. The van der Waals surface area contributed by atoms with Crippen LogP contribution < -0.4 is 10.2 Å². The van der Waals surface area contributed by atoms with Crippen molar-refractivity contribution in [2.75, 3.05) is 10.2 Å². The molecular formula is C15H15N7O. The van der Waals surface area contributed by atoms with Gasteiger partial charge in [0, 0.05) is 30.5 Å². The Labute approximate surface area is 132 Å². The molecule has 0 bridgehead atoms. The van der Waals surface area contributed by atoms with Crippen LogP contribution in [-0.2, 0) is 11.2 Å². The third-order valence-corrected chi connectivity index (χ3v) is 3.72. The van der Waals surface area contributed by atoms with Crippen molar-refractivity contribution in [3.8, 4) is 6.07 Å². The summed E-state index contributed by atoms with van der Waals surface area (Å²) >= 11 is 0. The van der Waals surface area contributed by atoms with Crippen molar-refractivity contribution in [3.05, 3.63) is 35.8 Å². The number of benzene rings is 1. The molecule has 2 aromatic rings. The summed E-state index contributed by atoms with van der Waals surface area (Å²) in [4.78, 5) is 13.5. The Balaban J connectivity index is 1.83. The number of aromatic amines is 1. The average Bonchev–Trinajstić information content (AvgIpc) is 3.14. The summed E-state index contributed by atoms with van der Waals surface area (Å²) in [6.07, 6.45) is 2.35. The van der Waals surface area contributed by atoms with E-state index < -0.39 is 0 Å². The number of anilines is 2. The maximum Gasteiger partial charge on any atom is 0.224 e. The second-order valence-electron chi connectivity index (χ2n) is 5.34. The van der Waals surface area contributed by atoms with Crippen LogP contribution in [0.4, 0.5) is 11.4 Å². The number of H-pyrrole nitrogens is 1. The molecular weight excluding hydrogens is 294 g/mol. The highest BCUT2D eigenvalue weighted by Gasteiger charge is 2.28. The lowest BCUT2D eigenvalue weighted by Gasteiger charge is -2.20. The predicted octanol–water partition coefficient (Wildman–Crippen LogP) is 1.47. The number of hydrogen-bond acceptors (Lipinski definition) is 6. The lowest BCUT2D eigenvalue weighted by atomic mass is 10.1. The van der Waals surface area contributed by atoms with Crippen LogP contribution in [-0.4, -0.2) is 32.6 Å². The number of nitriles is 1. The van der Waals surface area contributed by atoms with Gasteiger partial charge in [-0.3, -0.25) is 4.79 Å². The zero-order valence-electron chi connectivity index (χ0n) is 12.7. The molecule has 23 heavy (non-hydrogen) atoms. The van der Waals surface area contributed by atoms with E-state index in [-0.39, 0.29) is 23.3 Å². The Bertz CT molecular complexity index is 804. The zero-order valence-corrected chi connectivity index (χ0v) is 12.7. The number of carbonyl (C=O) groups excluding carboxylic acids is 1. The molecule has 3 rings (SSSR count). The van der Waals surface area contributed by atoms with E-state index in [2.05, 4.69) is 25.9 Å². The minimum atomic E-state index is 0.0423. The topological polar surface area (TPSA) is 111 Å². The number of nitrogens with zero attached hydrogens (tertiary/aromatic N) is 5. The number of allylic oxidation sites excluding steroid dienone is 1. The first-order valence-electron chi connectivity index (χ1n) is 7.13. The molecule has 8 nitrogen and oxygen atoms in total. The molecule has 0 saturated carbocycles. The summed E-state index contributed by atoms with van der Waals surface area (Å²) in [5, 5.41) is 25.5. The van der Waals surface area contributed by atoms with Gasteiger partial charge in [0.2, 0.25) is 11.7 Å². The van der Waals surface area contributed by atoms with Crippen LogP contribution in [0.15, 0.2) is 24.4 Å². The van der Waals surface area contributed by atoms with Gasteiger partial charge >= 0.3 is 0 Å². The van der Waals surface area contributed by atoms with Crippen molar-refractivity contribution in [1.82, 2.24) is 20.6 Å². The van der Waals surface area contributed by atoms with Crippen molar-refractivity contribution in [2.45, 2.75) is 26.3 Å². The lowest BCUT2D eigenvalue weighted by Crippen LogP contribution is -2.33. The molecule has 1 aromatic heterocycles. The van der Waals surface area contributed by atoms with E-state index in [1.54, 1.807) is 11.8 Å². The molecule has 1 unspecified atom stereocenters. The van der Waals surface area contributed by atoms with Gasteiger partial charge in [0.05, 0.1) is 0 Å². The number of carbonyl (C=O) groups is 1. The average molecular weight is 309 g/mol. The van der Waals surface area contributed by atoms with E-state index in [1.807, 2.05) is 31.2 Å². The van der Waals surface area contributed by atoms with Crippen molar-refractivity contribution in [3.63, 3.8) is 0 Å². The summed E-state index contributed by atoms with van der Waals surface area (Å²) in [5.74, 6) is 0.276. The molecule has 1 aromatic carbocycles. The molecule has 1 aliphatic heterocycles. The standard InChI is InChI=1S/C15H15N7O/c1-9-5-11-6-13(3-4-14(11)22(9)10(2)23)17-8-12(7-16)15-18-20-21-19-15/h3-4,6,8-9,17H,5H2,1-2H3,(H,18,19,20,21). The quantitative estimate of drug-likeness (QED) is 0.831. The van der Waals surface area contributed by atoms with Gasteiger partial charge in [-0.05, 0) is 42.3 Å². The second kappa shape index (κ2) is 5.88. The maximum absolute atomic E-state index is 11.7. The van der Waals surface area contributed by atoms with Gasteiger partial charge in [0.1, 0.15) is 11.6 Å². The van der Waals surface area contributed by atoms with Crippen LogP contribution in [0.2, 0.25) is 0 Å². The monoisotopic (exact) mass is 309 g/mol. The number of tetrazole rings is 1. The minimum Gasteiger partial charge on any atom is -0.360 e. The van der Waals surface area contributed by atoms with Gasteiger partial charge in [-0.2, -0.15) is 10.5 Å². The van der Waals surface area contributed by atoms with Crippen molar-refractivity contribution < 1.29 is 4.79 Å². The highest BCUT2D eigenvalue weighted by atomic mass is 16.2. The van der Waals surface area contributed by atoms with E-state index in [9.17, 15) is 4.79 Å². The molecule has 2 heterocycles. The summed E-state index contributed by atoms with van der Waals surface area (Å²) < 4.78 is 0. The maximum atomic E-state index is 11.7. The Hall–Kier alpha value is -3.21. The molecule has 1 aliphatic rings. The van der Waals surface area contributed by atoms with Gasteiger partial charge in [0.25, 0.3) is 0 Å². The van der Waals surface area contributed by atoms with Gasteiger partial charge in [0.15, 0.2) is 0 Å². The van der Waals surface area contributed by atoms with E-state index in [0.29, 0.717) is 0 Å². The van der Waals surface area contributed by atoms with Gasteiger partial charge in [-0.25, -0.2) is 0 Å². The molecule has 116 valence electrons. The fourth-order valence-corrected chi connectivity index (χ4v) is 2.78. The van der Waals surface area contributed by atoms with Crippen LogP contribution in [0.5, 0.6) is 0 Å². The number of hydrogen-bond donors (Lipinski definition) is 2. The molecule has 2 N–H and O–H groups in total. The molecule has 1 atom stereocenters.